The Hall–Kier alpha value is -1.07. The zero-order chi connectivity index (χ0) is 7.40. The van der Waals surface area contributed by atoms with Crippen LogP contribution >= 0.6 is 0 Å². The summed E-state index contributed by atoms with van der Waals surface area (Å²) in [7, 11) is 1.63. The molecule has 52 valence electrons. The van der Waals surface area contributed by atoms with Gasteiger partial charge in [0.05, 0.1) is 12.7 Å². The van der Waals surface area contributed by atoms with Crippen molar-refractivity contribution >= 4 is 0 Å². The number of hydrogen-bond donors (Lipinski definition) is 0. The Morgan fingerprint density at radius 1 is 1.80 bits per heavy atom. The number of rotatable bonds is 2. The fourth-order valence-electron chi connectivity index (χ4n) is 0.959. The quantitative estimate of drug-likeness (QED) is 0.573. The molecule has 0 spiro atoms. The summed E-state index contributed by atoms with van der Waals surface area (Å²) in [6.07, 6.45) is 4.70. The molecule has 0 radical (unpaired) electrons. The van der Waals surface area contributed by atoms with Crippen LogP contribution in [0.1, 0.15) is 6.42 Å². The van der Waals surface area contributed by atoms with E-state index in [4.69, 9.17) is 10.00 Å². The predicted molar refractivity (Wildman–Crippen MR) is 38.3 cm³/mol. The molecule has 1 aliphatic rings. The van der Waals surface area contributed by atoms with Crippen molar-refractivity contribution in [2.45, 2.75) is 6.42 Å². The molecule has 10 heavy (non-hydrogen) atoms. The van der Waals surface area contributed by atoms with E-state index in [1.165, 1.54) is 0 Å². The van der Waals surface area contributed by atoms with Crippen LogP contribution in [0.2, 0.25) is 0 Å². The number of hydrogen-bond acceptors (Lipinski definition) is 2. The second-order valence-corrected chi connectivity index (χ2v) is 2.16. The maximum Gasteiger partial charge on any atom is 0.0954 e. The van der Waals surface area contributed by atoms with Gasteiger partial charge in [0.1, 0.15) is 0 Å². The number of nitrogens with zero attached hydrogens (tertiary/aromatic N) is 1. The normalized spacial score (nSPS) is 16.0. The molecule has 0 atom stereocenters. The van der Waals surface area contributed by atoms with Gasteiger partial charge in [-0.25, -0.2) is 0 Å². The molecule has 0 aromatic rings. The van der Waals surface area contributed by atoms with E-state index < -0.39 is 0 Å². The van der Waals surface area contributed by atoms with Gasteiger partial charge >= 0.3 is 0 Å². The van der Waals surface area contributed by atoms with E-state index in [1.807, 2.05) is 12.2 Å². The molecular weight excluding hydrogens is 126 g/mol. The first-order chi connectivity index (χ1) is 4.88. The second-order valence-electron chi connectivity index (χ2n) is 2.16. The van der Waals surface area contributed by atoms with Crippen LogP contribution in [0.25, 0.3) is 0 Å². The second kappa shape index (κ2) is 3.19. The van der Waals surface area contributed by atoms with Gasteiger partial charge in [0.25, 0.3) is 0 Å². The molecule has 0 amide bonds. The van der Waals surface area contributed by atoms with Crippen molar-refractivity contribution in [3.63, 3.8) is 0 Å². The minimum absolute atomic E-state index is 0.555. The lowest BCUT2D eigenvalue weighted by molar-refractivity contribution is 0.228. The summed E-state index contributed by atoms with van der Waals surface area (Å²) in [6.45, 7) is 0.555. The zero-order valence-electron chi connectivity index (χ0n) is 5.92. The number of allylic oxidation sites excluding steroid dienone is 2. The van der Waals surface area contributed by atoms with Gasteiger partial charge in [0.15, 0.2) is 0 Å². The predicted octanol–water partition coefficient (Wildman–Crippen LogP) is 1.41. The molecule has 2 heteroatoms. The molecule has 0 bridgehead atoms. The first-order valence-corrected chi connectivity index (χ1v) is 3.16. The molecule has 0 unspecified atom stereocenters. The Morgan fingerprint density at radius 2 is 2.60 bits per heavy atom. The van der Waals surface area contributed by atoms with E-state index in [0.717, 1.165) is 17.6 Å². The molecule has 1 rings (SSSR count). The van der Waals surface area contributed by atoms with Crippen LogP contribution in [0.3, 0.4) is 0 Å². The monoisotopic (exact) mass is 135 g/mol. The molecule has 0 aromatic heterocycles. The lowest BCUT2D eigenvalue weighted by Gasteiger charge is -1.96. The van der Waals surface area contributed by atoms with Crippen molar-refractivity contribution in [2.75, 3.05) is 13.7 Å². The fourth-order valence-corrected chi connectivity index (χ4v) is 0.959. The van der Waals surface area contributed by atoms with Gasteiger partial charge in [0.2, 0.25) is 0 Å². The number of methoxy groups -OCH3 is 1. The molecule has 0 saturated heterocycles. The van der Waals surface area contributed by atoms with Gasteiger partial charge < -0.3 is 4.74 Å². The average Bonchev–Trinajstić information content (AvgIpc) is 2.36. The molecule has 0 N–H and O–H groups in total. The van der Waals surface area contributed by atoms with Gasteiger partial charge in [-0.05, 0) is 5.57 Å². The third kappa shape index (κ3) is 1.26. The lowest BCUT2D eigenvalue weighted by atomic mass is 10.2. The topological polar surface area (TPSA) is 33.0 Å². The summed E-state index contributed by atoms with van der Waals surface area (Å²) < 4.78 is 4.90. The van der Waals surface area contributed by atoms with Crippen molar-refractivity contribution in [3.8, 4) is 6.07 Å². The summed E-state index contributed by atoms with van der Waals surface area (Å²) in [5, 5.41) is 8.56. The van der Waals surface area contributed by atoms with E-state index in [1.54, 1.807) is 7.11 Å². The lowest BCUT2D eigenvalue weighted by Crippen LogP contribution is -1.91. The highest BCUT2D eigenvalue weighted by molar-refractivity contribution is 5.42. The zero-order valence-corrected chi connectivity index (χ0v) is 5.92. The van der Waals surface area contributed by atoms with Crippen molar-refractivity contribution in [3.05, 3.63) is 23.3 Å². The standard InChI is InChI=1S/C8H9NO/c1-10-6-8-4-2-3-7(8)5-9/h2,4H,3,6H2,1H3. The maximum absolute atomic E-state index is 8.56. The van der Waals surface area contributed by atoms with Crippen LogP contribution < -0.4 is 0 Å². The Bertz CT molecular complexity index is 220. The van der Waals surface area contributed by atoms with Crippen molar-refractivity contribution in [2.24, 2.45) is 0 Å². The van der Waals surface area contributed by atoms with Gasteiger partial charge in [-0.2, -0.15) is 5.26 Å². The summed E-state index contributed by atoms with van der Waals surface area (Å²) in [4.78, 5) is 0. The minimum atomic E-state index is 0.555. The van der Waals surface area contributed by atoms with Crippen LogP contribution in [0.15, 0.2) is 23.3 Å². The van der Waals surface area contributed by atoms with Crippen LogP contribution in [0.4, 0.5) is 0 Å². The molecule has 2 nitrogen and oxygen atoms in total. The summed E-state index contributed by atoms with van der Waals surface area (Å²) >= 11 is 0. The highest BCUT2D eigenvalue weighted by Crippen LogP contribution is 2.17. The molecular formula is C8H9NO. The number of ether oxygens (including phenoxy) is 1. The summed E-state index contributed by atoms with van der Waals surface area (Å²) in [6, 6.07) is 2.14. The molecule has 0 fully saturated rings. The van der Waals surface area contributed by atoms with Crippen molar-refractivity contribution < 1.29 is 4.74 Å². The molecule has 0 aromatic carbocycles. The molecule has 0 aliphatic heterocycles. The first kappa shape index (κ1) is 7.04. The largest absolute Gasteiger partial charge is 0.380 e. The Morgan fingerprint density at radius 3 is 3.20 bits per heavy atom. The Balaban J connectivity index is 2.69. The molecule has 0 heterocycles. The summed E-state index contributed by atoms with van der Waals surface area (Å²) in [5.41, 5.74) is 1.85. The third-order valence-electron chi connectivity index (χ3n) is 1.46. The van der Waals surface area contributed by atoms with E-state index in [2.05, 4.69) is 6.07 Å². The van der Waals surface area contributed by atoms with Gasteiger partial charge in [-0.15, -0.1) is 0 Å². The van der Waals surface area contributed by atoms with Crippen LogP contribution in [-0.4, -0.2) is 13.7 Å². The smallest absolute Gasteiger partial charge is 0.0954 e. The third-order valence-corrected chi connectivity index (χ3v) is 1.46. The van der Waals surface area contributed by atoms with Crippen LogP contribution in [0.5, 0.6) is 0 Å². The Kier molecular flexibility index (Phi) is 2.24. The van der Waals surface area contributed by atoms with E-state index >= 15 is 0 Å². The van der Waals surface area contributed by atoms with E-state index in [0.29, 0.717) is 6.61 Å². The maximum atomic E-state index is 8.56. The highest BCUT2D eigenvalue weighted by Gasteiger charge is 2.06. The van der Waals surface area contributed by atoms with Crippen LogP contribution in [0, 0.1) is 11.3 Å². The highest BCUT2D eigenvalue weighted by atomic mass is 16.5. The average molecular weight is 135 g/mol. The van der Waals surface area contributed by atoms with Crippen LogP contribution in [-0.2, 0) is 4.74 Å². The van der Waals surface area contributed by atoms with E-state index in [9.17, 15) is 0 Å². The molecule has 0 saturated carbocycles. The molecule has 1 aliphatic carbocycles. The van der Waals surface area contributed by atoms with E-state index in [-0.39, 0.29) is 0 Å². The van der Waals surface area contributed by atoms with Gasteiger partial charge in [0, 0.05) is 19.1 Å². The number of nitriles is 1. The first-order valence-electron chi connectivity index (χ1n) is 3.16. The van der Waals surface area contributed by atoms with Crippen molar-refractivity contribution in [1.29, 1.82) is 5.26 Å². The van der Waals surface area contributed by atoms with Gasteiger partial charge in [-0.3, -0.25) is 0 Å². The fraction of sp³-hybridized carbons (Fsp3) is 0.375. The SMILES string of the molecule is COCC1=C(C#N)CC=C1. The Labute approximate surface area is 60.4 Å². The van der Waals surface area contributed by atoms with Crippen molar-refractivity contribution in [1.82, 2.24) is 0 Å². The minimum Gasteiger partial charge on any atom is -0.380 e. The van der Waals surface area contributed by atoms with Gasteiger partial charge in [-0.1, -0.05) is 12.2 Å². The summed E-state index contributed by atoms with van der Waals surface area (Å²) in [5.74, 6) is 0.